The van der Waals surface area contributed by atoms with Crippen molar-refractivity contribution in [1.29, 1.82) is 0 Å². The zero-order valence-electron chi connectivity index (χ0n) is 8.34. The Kier molecular flexibility index (Phi) is 2.97. The zero-order chi connectivity index (χ0) is 12.6. The molecule has 2 rings (SSSR count). The number of aromatic amines is 2. The smallest absolute Gasteiger partial charge is 0.314 e. The van der Waals surface area contributed by atoms with Crippen molar-refractivity contribution < 1.29 is 8.78 Å². The molecule has 4 nitrogen and oxygen atoms in total. The van der Waals surface area contributed by atoms with Gasteiger partial charge in [-0.3, -0.25) is 9.59 Å². The first-order valence-corrected chi connectivity index (χ1v) is 5.11. The van der Waals surface area contributed by atoms with Crippen LogP contribution < -0.4 is 11.1 Å². The van der Waals surface area contributed by atoms with Gasteiger partial charge in [-0.25, -0.2) is 8.78 Å². The third-order valence-corrected chi connectivity index (χ3v) is 2.73. The van der Waals surface area contributed by atoms with E-state index in [9.17, 15) is 18.4 Å². The van der Waals surface area contributed by atoms with Gasteiger partial charge in [-0.15, -0.1) is 11.6 Å². The first-order chi connectivity index (χ1) is 7.99. The highest BCUT2D eigenvalue weighted by atomic mass is 35.5. The maximum Gasteiger partial charge on any atom is 0.314 e. The molecule has 1 unspecified atom stereocenters. The van der Waals surface area contributed by atoms with Crippen molar-refractivity contribution in [2.75, 3.05) is 0 Å². The number of halogens is 3. The van der Waals surface area contributed by atoms with Crippen molar-refractivity contribution in [3.63, 3.8) is 0 Å². The lowest BCUT2D eigenvalue weighted by Gasteiger charge is -2.09. The van der Waals surface area contributed by atoms with Crippen LogP contribution in [0.3, 0.4) is 0 Å². The van der Waals surface area contributed by atoms with Crippen molar-refractivity contribution in [3.05, 3.63) is 44.5 Å². The van der Waals surface area contributed by atoms with Crippen molar-refractivity contribution in [1.82, 2.24) is 9.97 Å². The molecular weight excluding hydrogens is 254 g/mol. The van der Waals surface area contributed by atoms with Gasteiger partial charge in [-0.2, -0.15) is 0 Å². The highest BCUT2D eigenvalue weighted by Gasteiger charge is 2.19. The van der Waals surface area contributed by atoms with Gasteiger partial charge in [0.1, 0.15) is 5.38 Å². The lowest BCUT2D eigenvalue weighted by atomic mass is 10.1. The van der Waals surface area contributed by atoms with E-state index in [4.69, 9.17) is 11.6 Å². The van der Waals surface area contributed by atoms with E-state index in [2.05, 4.69) is 9.97 Å². The molecule has 17 heavy (non-hydrogen) atoms. The van der Waals surface area contributed by atoms with Crippen molar-refractivity contribution in [3.8, 4) is 0 Å². The van der Waals surface area contributed by atoms with Crippen LogP contribution in [0.25, 0.3) is 11.0 Å². The number of H-pyrrole nitrogens is 2. The Morgan fingerprint density at radius 1 is 1.06 bits per heavy atom. The van der Waals surface area contributed by atoms with Crippen molar-refractivity contribution in [2.24, 2.45) is 0 Å². The molecule has 0 amide bonds. The van der Waals surface area contributed by atoms with E-state index in [1.165, 1.54) is 18.2 Å². The predicted octanol–water partition coefficient (Wildman–Crippen LogP) is 1.76. The van der Waals surface area contributed by atoms with E-state index in [0.717, 1.165) is 0 Å². The fraction of sp³-hybridized carbons (Fsp3) is 0.200. The molecule has 1 heterocycles. The number of nitrogens with one attached hydrogen (secondary N) is 2. The third-order valence-electron chi connectivity index (χ3n) is 2.29. The highest BCUT2D eigenvalue weighted by molar-refractivity contribution is 6.21. The Bertz CT molecular complexity index is 665. The summed E-state index contributed by atoms with van der Waals surface area (Å²) in [6.07, 6.45) is -2.71. The largest absolute Gasteiger partial charge is 0.316 e. The van der Waals surface area contributed by atoms with E-state index < -0.39 is 22.9 Å². The number of rotatable bonds is 2. The average Bonchev–Trinajstić information content (AvgIpc) is 2.29. The zero-order valence-corrected chi connectivity index (χ0v) is 9.09. The molecule has 0 aliphatic heterocycles. The van der Waals surface area contributed by atoms with E-state index in [0.29, 0.717) is 5.52 Å². The SMILES string of the molecule is O=c1[nH]c2ccc(C(Cl)C(F)F)cc2[nH]c1=O. The van der Waals surface area contributed by atoms with E-state index in [1.807, 2.05) is 0 Å². The summed E-state index contributed by atoms with van der Waals surface area (Å²) >= 11 is 5.50. The lowest BCUT2D eigenvalue weighted by Crippen LogP contribution is -2.28. The van der Waals surface area contributed by atoms with Gasteiger partial charge in [0.25, 0.3) is 6.43 Å². The highest BCUT2D eigenvalue weighted by Crippen LogP contribution is 2.28. The normalized spacial score (nSPS) is 13.2. The number of benzene rings is 1. The molecular formula is C10H7ClF2N2O2. The van der Waals surface area contributed by atoms with E-state index in [1.54, 1.807) is 0 Å². The summed E-state index contributed by atoms with van der Waals surface area (Å²) in [4.78, 5) is 26.7. The van der Waals surface area contributed by atoms with Crippen LogP contribution in [0.15, 0.2) is 27.8 Å². The molecule has 0 bridgehead atoms. The minimum Gasteiger partial charge on any atom is -0.316 e. The second-order valence-electron chi connectivity index (χ2n) is 3.45. The Labute approximate surface area is 98.2 Å². The molecule has 90 valence electrons. The first kappa shape index (κ1) is 11.8. The van der Waals surface area contributed by atoms with Crippen molar-refractivity contribution >= 4 is 22.6 Å². The van der Waals surface area contributed by atoms with Gasteiger partial charge in [0.05, 0.1) is 11.0 Å². The molecule has 2 aromatic rings. The molecule has 0 fully saturated rings. The monoisotopic (exact) mass is 260 g/mol. The van der Waals surface area contributed by atoms with E-state index in [-0.39, 0.29) is 11.1 Å². The van der Waals surface area contributed by atoms with Gasteiger partial charge in [0.2, 0.25) is 0 Å². The summed E-state index contributed by atoms with van der Waals surface area (Å²) in [6.45, 7) is 0. The third kappa shape index (κ3) is 2.21. The van der Waals surface area contributed by atoms with Gasteiger partial charge in [-0.1, -0.05) is 6.07 Å². The molecule has 0 saturated heterocycles. The van der Waals surface area contributed by atoms with E-state index >= 15 is 0 Å². The summed E-state index contributed by atoms with van der Waals surface area (Å²) in [6, 6.07) is 4.11. The quantitative estimate of drug-likeness (QED) is 0.638. The van der Waals surface area contributed by atoms with Gasteiger partial charge < -0.3 is 9.97 Å². The van der Waals surface area contributed by atoms with Crippen LogP contribution in [0.5, 0.6) is 0 Å². The summed E-state index contributed by atoms with van der Waals surface area (Å²) in [5.74, 6) is 0. The van der Waals surface area contributed by atoms with Crippen LogP contribution in [0, 0.1) is 0 Å². The Morgan fingerprint density at radius 3 is 2.24 bits per heavy atom. The van der Waals surface area contributed by atoms with Gasteiger partial charge in [-0.05, 0) is 17.7 Å². The van der Waals surface area contributed by atoms with Crippen LogP contribution in [-0.2, 0) is 0 Å². The van der Waals surface area contributed by atoms with Crippen LogP contribution in [0.4, 0.5) is 8.78 Å². The van der Waals surface area contributed by atoms with Gasteiger partial charge in [0.15, 0.2) is 0 Å². The molecule has 0 aliphatic rings. The molecule has 0 aliphatic carbocycles. The molecule has 7 heteroatoms. The van der Waals surface area contributed by atoms with Gasteiger partial charge >= 0.3 is 11.1 Å². The summed E-state index contributed by atoms with van der Waals surface area (Å²) in [5.41, 5.74) is -0.828. The van der Waals surface area contributed by atoms with Crippen LogP contribution >= 0.6 is 11.6 Å². The summed E-state index contributed by atoms with van der Waals surface area (Å²) < 4.78 is 24.8. The predicted molar refractivity (Wildman–Crippen MR) is 59.8 cm³/mol. The minimum atomic E-state index is -2.71. The molecule has 0 spiro atoms. The standard InChI is InChI=1S/C10H7ClF2N2O2/c11-7(8(12)13)4-1-2-5-6(3-4)15-10(17)9(16)14-5/h1-3,7-8H,(H,14,16)(H,15,17). The van der Waals surface area contributed by atoms with Crippen LogP contribution in [0.2, 0.25) is 0 Å². The lowest BCUT2D eigenvalue weighted by molar-refractivity contribution is 0.143. The summed E-state index contributed by atoms with van der Waals surface area (Å²) in [5, 5.41) is -1.45. The number of aromatic nitrogens is 2. The average molecular weight is 261 g/mol. The minimum absolute atomic E-state index is 0.178. The summed E-state index contributed by atoms with van der Waals surface area (Å²) in [7, 11) is 0. The molecule has 2 N–H and O–H groups in total. The topological polar surface area (TPSA) is 65.7 Å². The molecule has 1 aromatic carbocycles. The molecule has 0 radical (unpaired) electrons. The van der Waals surface area contributed by atoms with Crippen LogP contribution in [-0.4, -0.2) is 16.4 Å². The maximum atomic E-state index is 12.4. The second kappa shape index (κ2) is 4.29. The number of hydrogen-bond acceptors (Lipinski definition) is 2. The second-order valence-corrected chi connectivity index (χ2v) is 3.92. The van der Waals surface area contributed by atoms with Crippen molar-refractivity contribution in [2.45, 2.75) is 11.8 Å². The molecule has 1 aromatic heterocycles. The fourth-order valence-corrected chi connectivity index (χ4v) is 1.59. The number of alkyl halides is 3. The number of fused-ring (bicyclic) bond motifs is 1. The number of hydrogen-bond donors (Lipinski definition) is 2. The molecule has 0 saturated carbocycles. The fourth-order valence-electron chi connectivity index (χ4n) is 1.45. The molecule has 1 atom stereocenters. The van der Waals surface area contributed by atoms with Gasteiger partial charge in [0, 0.05) is 0 Å². The Morgan fingerprint density at radius 2 is 1.65 bits per heavy atom. The first-order valence-electron chi connectivity index (χ1n) is 4.67. The van der Waals surface area contributed by atoms with Crippen LogP contribution in [0.1, 0.15) is 10.9 Å². The Hall–Kier alpha value is -1.69. The Balaban J connectivity index is 2.62. The maximum absolute atomic E-state index is 12.4.